The lowest BCUT2D eigenvalue weighted by atomic mass is 9.93. The van der Waals surface area contributed by atoms with Gasteiger partial charge < -0.3 is 10.1 Å². The van der Waals surface area contributed by atoms with Crippen molar-refractivity contribution in [2.45, 2.75) is 103 Å². The first kappa shape index (κ1) is 43.2. The number of nitriles is 1. The van der Waals surface area contributed by atoms with E-state index in [1.807, 2.05) is 68.8 Å². The lowest BCUT2D eigenvalue weighted by molar-refractivity contribution is 0.256. The van der Waals surface area contributed by atoms with Crippen LogP contribution in [0.5, 0.6) is 5.75 Å². The minimum Gasteiger partial charge on any atom is -0.387 e. The second-order valence-corrected chi connectivity index (χ2v) is 16.2. The third-order valence-electron chi connectivity index (χ3n) is 7.42. The summed E-state index contributed by atoms with van der Waals surface area (Å²) in [5, 5.41) is 29.9. The van der Waals surface area contributed by atoms with Gasteiger partial charge >= 0.3 is 6.03 Å². The van der Waals surface area contributed by atoms with Crippen molar-refractivity contribution in [1.29, 1.82) is 5.26 Å². The highest BCUT2D eigenvalue weighted by atomic mass is 32.2. The summed E-state index contributed by atoms with van der Waals surface area (Å²) in [4.78, 5) is 12.4. The van der Waals surface area contributed by atoms with Crippen molar-refractivity contribution >= 4 is 31.8 Å². The molecule has 4 aromatic rings. The fraction of sp³-hybridized carbons (Fsp3) is 0.389. The molecule has 2 amide bonds. The summed E-state index contributed by atoms with van der Waals surface area (Å²) >= 11 is 0. The maximum atomic E-state index is 12.4. The number of urea groups is 1. The number of aromatic nitrogens is 4. The number of nitrogens with zero attached hydrogens (tertiary/aromatic N) is 5. The largest absolute Gasteiger partial charge is 0.387 e. The van der Waals surface area contributed by atoms with E-state index in [0.29, 0.717) is 28.9 Å². The first-order valence-electron chi connectivity index (χ1n) is 16.5. The Morgan fingerprint density at radius 1 is 0.673 bits per heavy atom. The van der Waals surface area contributed by atoms with Crippen LogP contribution < -0.4 is 19.9 Å². The van der Waals surface area contributed by atoms with Gasteiger partial charge in [-0.2, -0.15) is 18.6 Å². The zero-order valence-corrected chi connectivity index (χ0v) is 32.8. The first-order chi connectivity index (χ1) is 24.2. The van der Waals surface area contributed by atoms with E-state index in [1.165, 1.54) is 24.3 Å². The molecule has 2 aromatic heterocycles. The number of para-hydroxylation sites is 2. The first-order valence-corrected chi connectivity index (χ1v) is 19.5. The highest BCUT2D eigenvalue weighted by Crippen LogP contribution is 2.34. The van der Waals surface area contributed by atoms with Gasteiger partial charge in [0.1, 0.15) is 5.75 Å². The van der Waals surface area contributed by atoms with E-state index in [4.69, 9.17) is 15.1 Å². The number of ether oxygens (including phenoxy) is 1. The number of primary sulfonamides is 1. The molecular weight excluding hydrogens is 705 g/mol. The van der Waals surface area contributed by atoms with Crippen LogP contribution in [0, 0.1) is 25.4 Å². The van der Waals surface area contributed by atoms with Crippen LogP contribution in [0.2, 0.25) is 0 Å². The molecule has 0 unspecified atom stereocenters. The normalized spacial score (nSPS) is 11.3. The van der Waals surface area contributed by atoms with Crippen molar-refractivity contribution in [3.63, 3.8) is 0 Å². The standard InChI is InChI=1S/C18H24N4O3S.C13H17NO.C5H7N3O2S/c1-11(2)14-7-6-8-15(12(3)4)17(14)19-18(23)22-26(24,25)16-10-9-13(5)20-21-16;1-9(2)11-6-5-7-12(10(3)4)13(11)15-8-14;1-4-2-3-5(8-7-4)11(6,9)10/h6-12H,1-5H3,(H2,19,22,23);5-7,9-10H,1-4H3;2-3H,1H3,(H2,6,9,10). The summed E-state index contributed by atoms with van der Waals surface area (Å²) in [5.74, 6) is 1.82. The van der Waals surface area contributed by atoms with Crippen molar-refractivity contribution < 1.29 is 26.4 Å². The third-order valence-corrected chi connectivity index (χ3v) is 9.44. The molecule has 0 fully saturated rings. The van der Waals surface area contributed by atoms with Crippen molar-refractivity contribution in [3.05, 3.63) is 94.3 Å². The Bertz CT molecular complexity index is 2010. The van der Waals surface area contributed by atoms with Crippen molar-refractivity contribution in [3.8, 4) is 12.0 Å². The molecule has 0 bridgehead atoms. The third kappa shape index (κ3) is 12.7. The van der Waals surface area contributed by atoms with Gasteiger partial charge in [0.05, 0.1) is 11.4 Å². The number of hydrogen-bond acceptors (Lipinski definition) is 11. The lowest BCUT2D eigenvalue weighted by Crippen LogP contribution is -2.35. The zero-order valence-electron chi connectivity index (χ0n) is 31.2. The molecule has 14 nitrogen and oxygen atoms in total. The van der Waals surface area contributed by atoms with Crippen molar-refractivity contribution in [2.75, 3.05) is 5.32 Å². The van der Waals surface area contributed by atoms with E-state index < -0.39 is 26.1 Å². The van der Waals surface area contributed by atoms with Gasteiger partial charge in [0, 0.05) is 5.69 Å². The Morgan fingerprint density at radius 2 is 1.08 bits per heavy atom. The van der Waals surface area contributed by atoms with E-state index in [0.717, 1.165) is 28.0 Å². The molecule has 0 aliphatic rings. The van der Waals surface area contributed by atoms with Crippen LogP contribution in [0.4, 0.5) is 10.5 Å². The second-order valence-electron chi connectivity index (χ2n) is 13.0. The summed E-state index contributed by atoms with van der Waals surface area (Å²) in [6, 6.07) is 16.7. The molecule has 0 spiro atoms. The van der Waals surface area contributed by atoms with Gasteiger partial charge in [-0.15, -0.1) is 15.5 Å². The molecule has 0 saturated heterocycles. The molecule has 52 heavy (non-hydrogen) atoms. The Balaban J connectivity index is 0.000000302. The molecule has 0 aliphatic heterocycles. The molecule has 4 rings (SSSR count). The second kappa shape index (κ2) is 19.0. The topological polar surface area (TPSA) is 220 Å². The minimum atomic E-state index is -4.10. The predicted octanol–water partition coefficient (Wildman–Crippen LogP) is 6.77. The van der Waals surface area contributed by atoms with Gasteiger partial charge in [0.2, 0.25) is 0 Å². The molecule has 0 radical (unpaired) electrons. The van der Waals surface area contributed by atoms with E-state index in [-0.39, 0.29) is 21.9 Å². The van der Waals surface area contributed by atoms with Gasteiger partial charge in [-0.3, -0.25) is 0 Å². The average molecular weight is 753 g/mol. The SMILES string of the molecule is CC(C)c1cccc(C(C)C)c1OC#N.Cc1ccc(S(=O)(=O)NC(=O)Nc2c(C(C)C)cccc2C(C)C)nn1.Cc1ccc(S(N)(=O)=O)nn1. The van der Waals surface area contributed by atoms with Crippen LogP contribution in [0.1, 0.15) is 113 Å². The fourth-order valence-electron chi connectivity index (χ4n) is 4.72. The van der Waals surface area contributed by atoms with Crippen LogP contribution >= 0.6 is 0 Å². The number of carbonyl (C=O) groups excluding carboxylic acids is 1. The van der Waals surface area contributed by atoms with Gasteiger partial charge in [-0.1, -0.05) is 91.8 Å². The predicted molar refractivity (Wildman–Crippen MR) is 200 cm³/mol. The maximum Gasteiger partial charge on any atom is 0.333 e. The van der Waals surface area contributed by atoms with E-state index in [9.17, 15) is 21.6 Å². The minimum absolute atomic E-state index is 0.170. The number of benzene rings is 2. The zero-order chi connectivity index (χ0) is 39.4. The van der Waals surface area contributed by atoms with Crippen molar-refractivity contribution in [1.82, 2.24) is 25.1 Å². The monoisotopic (exact) mass is 752 g/mol. The number of nitrogens with one attached hydrogen (secondary N) is 2. The van der Waals surface area contributed by atoms with Gasteiger partial charge in [-0.25, -0.2) is 23.1 Å². The molecule has 4 N–H and O–H groups in total. The summed E-state index contributed by atoms with van der Waals surface area (Å²) in [5.41, 5.74) is 5.96. The average Bonchev–Trinajstić information content (AvgIpc) is 3.05. The molecule has 0 atom stereocenters. The molecular formula is C36H48N8O6S2. The van der Waals surface area contributed by atoms with Crippen LogP contribution in [0.3, 0.4) is 0 Å². The number of anilines is 1. The van der Waals surface area contributed by atoms with Crippen LogP contribution in [-0.4, -0.2) is 43.3 Å². The Hall–Kier alpha value is -4.98. The lowest BCUT2D eigenvalue weighted by Gasteiger charge is -2.20. The molecule has 2 aromatic carbocycles. The fourth-order valence-corrected chi connectivity index (χ4v) is 5.93. The van der Waals surface area contributed by atoms with Gasteiger partial charge in [0.25, 0.3) is 26.3 Å². The number of carbonyl (C=O) groups is 1. The van der Waals surface area contributed by atoms with Crippen molar-refractivity contribution in [2.24, 2.45) is 5.14 Å². The van der Waals surface area contributed by atoms with Crippen LogP contribution in [0.25, 0.3) is 0 Å². The summed E-state index contributed by atoms with van der Waals surface area (Å²) < 4.78 is 52.9. The smallest absolute Gasteiger partial charge is 0.333 e. The Labute approximate surface area is 307 Å². The highest BCUT2D eigenvalue weighted by Gasteiger charge is 2.22. The molecule has 0 saturated carbocycles. The number of nitrogens with two attached hydrogens (primary N) is 1. The quantitative estimate of drug-likeness (QED) is 0.151. The number of amides is 2. The van der Waals surface area contributed by atoms with E-state index in [1.54, 1.807) is 20.1 Å². The number of sulfonamides is 2. The molecule has 280 valence electrons. The van der Waals surface area contributed by atoms with Gasteiger partial charge in [0.15, 0.2) is 10.1 Å². The summed E-state index contributed by atoms with van der Waals surface area (Å²) in [6.07, 6.45) is 1.77. The highest BCUT2D eigenvalue weighted by molar-refractivity contribution is 7.90. The number of aryl methyl sites for hydroxylation is 2. The number of hydrogen-bond donors (Lipinski definition) is 3. The number of rotatable bonds is 9. The summed E-state index contributed by atoms with van der Waals surface area (Å²) in [6.45, 7) is 19.9. The molecule has 16 heteroatoms. The Kier molecular flexibility index (Phi) is 15.8. The summed E-state index contributed by atoms with van der Waals surface area (Å²) in [7, 11) is -7.79. The Morgan fingerprint density at radius 3 is 1.42 bits per heavy atom. The molecule has 0 aliphatic carbocycles. The van der Waals surface area contributed by atoms with E-state index in [2.05, 4.69) is 53.4 Å². The molecule has 2 heterocycles. The van der Waals surface area contributed by atoms with Crippen LogP contribution in [-0.2, 0) is 20.0 Å². The van der Waals surface area contributed by atoms with Crippen LogP contribution in [0.15, 0.2) is 70.7 Å². The maximum absolute atomic E-state index is 12.4. The van der Waals surface area contributed by atoms with E-state index >= 15 is 0 Å². The van der Waals surface area contributed by atoms with Gasteiger partial charge in [-0.05, 0) is 84.0 Å².